The molecule has 1 unspecified atom stereocenters. The molecule has 1 atom stereocenters. The molecular formula is C16H25BrO3. The summed E-state index contributed by atoms with van der Waals surface area (Å²) in [6.07, 6.45) is 1.02. The highest BCUT2D eigenvalue weighted by Crippen LogP contribution is 2.24. The van der Waals surface area contributed by atoms with E-state index in [1.54, 1.807) is 7.11 Å². The molecule has 0 N–H and O–H groups in total. The van der Waals surface area contributed by atoms with Crippen LogP contribution in [0.4, 0.5) is 0 Å². The Kier molecular flexibility index (Phi) is 9.93. The average Bonchev–Trinajstić information content (AvgIpc) is 2.47. The van der Waals surface area contributed by atoms with Gasteiger partial charge in [0, 0.05) is 19.0 Å². The quantitative estimate of drug-likeness (QED) is 0.454. The molecule has 114 valence electrons. The third kappa shape index (κ3) is 6.84. The molecule has 20 heavy (non-hydrogen) atoms. The molecule has 0 aliphatic heterocycles. The SMILES string of the molecule is COCCOCCOCCC(CBr)c1ccccc1C. The van der Waals surface area contributed by atoms with Crippen molar-refractivity contribution < 1.29 is 14.2 Å². The minimum Gasteiger partial charge on any atom is -0.382 e. The lowest BCUT2D eigenvalue weighted by Gasteiger charge is -2.17. The summed E-state index contributed by atoms with van der Waals surface area (Å²) in [7, 11) is 1.67. The molecule has 1 aromatic rings. The standard InChI is InChI=1S/C16H25BrO3/c1-14-5-3-4-6-16(14)15(13-17)7-8-19-11-12-20-10-9-18-2/h3-6,15H,7-13H2,1-2H3. The lowest BCUT2D eigenvalue weighted by atomic mass is 9.94. The summed E-state index contributed by atoms with van der Waals surface area (Å²) in [5.74, 6) is 0.505. The molecule has 4 heteroatoms. The molecule has 0 aliphatic rings. The van der Waals surface area contributed by atoms with Gasteiger partial charge in [-0.15, -0.1) is 0 Å². The Morgan fingerprint density at radius 1 is 1.00 bits per heavy atom. The maximum atomic E-state index is 5.62. The molecule has 0 saturated carbocycles. The monoisotopic (exact) mass is 344 g/mol. The van der Waals surface area contributed by atoms with Gasteiger partial charge in [0.05, 0.1) is 26.4 Å². The summed E-state index contributed by atoms with van der Waals surface area (Å²) < 4.78 is 15.9. The second-order valence-corrected chi connectivity index (χ2v) is 5.36. The van der Waals surface area contributed by atoms with Crippen LogP contribution >= 0.6 is 15.9 Å². The minimum atomic E-state index is 0.505. The van der Waals surface area contributed by atoms with Crippen molar-refractivity contribution in [2.75, 3.05) is 45.5 Å². The molecule has 0 saturated heterocycles. The van der Waals surface area contributed by atoms with E-state index in [1.165, 1.54) is 11.1 Å². The molecule has 0 fully saturated rings. The zero-order valence-corrected chi connectivity index (χ0v) is 14.0. The third-order valence-corrected chi connectivity index (χ3v) is 4.01. The maximum Gasteiger partial charge on any atom is 0.0701 e. The van der Waals surface area contributed by atoms with Gasteiger partial charge in [0.15, 0.2) is 0 Å². The van der Waals surface area contributed by atoms with Crippen molar-refractivity contribution in [3.63, 3.8) is 0 Å². The second kappa shape index (κ2) is 11.3. The summed E-state index contributed by atoms with van der Waals surface area (Å²) in [4.78, 5) is 0. The molecule has 0 spiro atoms. The van der Waals surface area contributed by atoms with E-state index in [1.807, 2.05) is 0 Å². The summed E-state index contributed by atoms with van der Waals surface area (Å²) >= 11 is 3.60. The fraction of sp³-hybridized carbons (Fsp3) is 0.625. The van der Waals surface area contributed by atoms with Gasteiger partial charge in [-0.2, -0.15) is 0 Å². The lowest BCUT2D eigenvalue weighted by Crippen LogP contribution is -2.11. The molecule has 0 radical (unpaired) electrons. The van der Waals surface area contributed by atoms with Crippen molar-refractivity contribution in [1.29, 1.82) is 0 Å². The van der Waals surface area contributed by atoms with Crippen molar-refractivity contribution >= 4 is 15.9 Å². The van der Waals surface area contributed by atoms with Crippen LogP contribution in [0.3, 0.4) is 0 Å². The van der Waals surface area contributed by atoms with Gasteiger partial charge in [-0.25, -0.2) is 0 Å². The maximum absolute atomic E-state index is 5.62. The predicted octanol–water partition coefficient (Wildman–Crippen LogP) is 3.54. The number of alkyl halides is 1. The van der Waals surface area contributed by atoms with Crippen LogP contribution in [0.2, 0.25) is 0 Å². The van der Waals surface area contributed by atoms with Gasteiger partial charge in [-0.05, 0) is 30.4 Å². The van der Waals surface area contributed by atoms with E-state index in [-0.39, 0.29) is 0 Å². The molecule has 0 aromatic heterocycles. The van der Waals surface area contributed by atoms with Crippen LogP contribution in [0.25, 0.3) is 0 Å². The molecule has 1 aromatic carbocycles. The number of aryl methyl sites for hydroxylation is 1. The van der Waals surface area contributed by atoms with Crippen LogP contribution in [0, 0.1) is 6.92 Å². The van der Waals surface area contributed by atoms with E-state index in [2.05, 4.69) is 47.1 Å². The number of hydrogen-bond acceptors (Lipinski definition) is 3. The summed E-state index contributed by atoms with van der Waals surface area (Å²) in [5.41, 5.74) is 2.75. The number of hydrogen-bond donors (Lipinski definition) is 0. The first-order valence-electron chi connectivity index (χ1n) is 7.05. The highest BCUT2D eigenvalue weighted by molar-refractivity contribution is 9.09. The Balaban J connectivity index is 2.18. The number of rotatable bonds is 11. The zero-order chi connectivity index (χ0) is 14.6. The van der Waals surface area contributed by atoms with Gasteiger partial charge in [-0.3, -0.25) is 0 Å². The molecule has 0 aliphatic carbocycles. The van der Waals surface area contributed by atoms with Crippen LogP contribution in [0.5, 0.6) is 0 Å². The zero-order valence-electron chi connectivity index (χ0n) is 12.4. The first-order chi connectivity index (χ1) is 9.79. The number of methoxy groups -OCH3 is 1. The topological polar surface area (TPSA) is 27.7 Å². The van der Waals surface area contributed by atoms with Gasteiger partial charge >= 0.3 is 0 Å². The normalized spacial score (nSPS) is 12.6. The number of halogens is 1. The van der Waals surface area contributed by atoms with Gasteiger partial charge in [-0.1, -0.05) is 40.2 Å². The Labute approximate surface area is 130 Å². The van der Waals surface area contributed by atoms with Crippen molar-refractivity contribution in [3.05, 3.63) is 35.4 Å². The third-order valence-electron chi connectivity index (χ3n) is 3.23. The molecule has 3 nitrogen and oxygen atoms in total. The molecule has 0 amide bonds. The summed E-state index contributed by atoms with van der Waals surface area (Å²) in [6, 6.07) is 8.55. The number of ether oxygens (including phenoxy) is 3. The summed E-state index contributed by atoms with van der Waals surface area (Å²) in [6.45, 7) is 5.47. The van der Waals surface area contributed by atoms with E-state index < -0.39 is 0 Å². The van der Waals surface area contributed by atoms with Gasteiger partial charge in [0.2, 0.25) is 0 Å². The Morgan fingerprint density at radius 2 is 1.65 bits per heavy atom. The first-order valence-corrected chi connectivity index (χ1v) is 8.17. The number of benzene rings is 1. The average molecular weight is 345 g/mol. The van der Waals surface area contributed by atoms with Crippen molar-refractivity contribution in [3.8, 4) is 0 Å². The fourth-order valence-corrected chi connectivity index (χ4v) is 2.72. The lowest BCUT2D eigenvalue weighted by molar-refractivity contribution is 0.0236. The first kappa shape index (κ1) is 17.6. The van der Waals surface area contributed by atoms with E-state index in [0.717, 1.165) is 18.4 Å². The van der Waals surface area contributed by atoms with Gasteiger partial charge in [0.1, 0.15) is 0 Å². The van der Waals surface area contributed by atoms with E-state index in [0.29, 0.717) is 32.3 Å². The molecule has 0 bridgehead atoms. The Morgan fingerprint density at radius 3 is 2.30 bits per heavy atom. The van der Waals surface area contributed by atoms with Crippen LogP contribution in [-0.4, -0.2) is 45.5 Å². The minimum absolute atomic E-state index is 0.505. The predicted molar refractivity (Wildman–Crippen MR) is 85.8 cm³/mol. The van der Waals surface area contributed by atoms with Crippen LogP contribution in [0.1, 0.15) is 23.5 Å². The van der Waals surface area contributed by atoms with Crippen LogP contribution in [0.15, 0.2) is 24.3 Å². The second-order valence-electron chi connectivity index (χ2n) is 4.71. The molecular weight excluding hydrogens is 320 g/mol. The fourth-order valence-electron chi connectivity index (χ4n) is 2.05. The van der Waals surface area contributed by atoms with Crippen LogP contribution < -0.4 is 0 Å². The van der Waals surface area contributed by atoms with Crippen LogP contribution in [-0.2, 0) is 14.2 Å². The smallest absolute Gasteiger partial charge is 0.0701 e. The van der Waals surface area contributed by atoms with Crippen molar-refractivity contribution in [2.24, 2.45) is 0 Å². The highest BCUT2D eigenvalue weighted by Gasteiger charge is 2.11. The van der Waals surface area contributed by atoms with E-state index in [4.69, 9.17) is 14.2 Å². The van der Waals surface area contributed by atoms with Gasteiger partial charge < -0.3 is 14.2 Å². The Bertz CT molecular complexity index is 357. The van der Waals surface area contributed by atoms with E-state index >= 15 is 0 Å². The Hall–Kier alpha value is -0.420. The highest BCUT2D eigenvalue weighted by atomic mass is 79.9. The molecule has 0 heterocycles. The van der Waals surface area contributed by atoms with E-state index in [9.17, 15) is 0 Å². The molecule has 1 rings (SSSR count). The van der Waals surface area contributed by atoms with Crippen molar-refractivity contribution in [1.82, 2.24) is 0 Å². The summed E-state index contributed by atoms with van der Waals surface area (Å²) in [5, 5.41) is 0.964. The van der Waals surface area contributed by atoms with Crippen molar-refractivity contribution in [2.45, 2.75) is 19.3 Å². The van der Waals surface area contributed by atoms with Gasteiger partial charge in [0.25, 0.3) is 0 Å². The largest absolute Gasteiger partial charge is 0.382 e.